The van der Waals surface area contributed by atoms with E-state index in [9.17, 15) is 9.59 Å². The Morgan fingerprint density at radius 2 is 1.62 bits per heavy atom. The SMILES string of the molecule is C#CCN(C(=O)OCc1ccc(NOO)cc1)C1CCN(C[C@H]2CC(N(C)C(=O)c3ccccc3)C[C@@H]2c2ccccc2)CC1. The molecule has 2 N–H and O–H groups in total. The van der Waals surface area contributed by atoms with E-state index in [0.717, 1.165) is 56.4 Å². The monoisotopic (exact) mass is 610 g/mol. The smallest absolute Gasteiger partial charge is 0.411 e. The maximum Gasteiger partial charge on any atom is 0.411 e. The summed E-state index contributed by atoms with van der Waals surface area (Å²) in [5.74, 6) is 3.48. The van der Waals surface area contributed by atoms with Gasteiger partial charge in [-0.15, -0.1) is 11.4 Å². The molecule has 9 nitrogen and oxygen atoms in total. The van der Waals surface area contributed by atoms with Gasteiger partial charge in [0.15, 0.2) is 0 Å². The molecule has 236 valence electrons. The Morgan fingerprint density at radius 1 is 0.956 bits per heavy atom. The molecule has 0 spiro atoms. The van der Waals surface area contributed by atoms with E-state index in [0.29, 0.717) is 17.5 Å². The van der Waals surface area contributed by atoms with Gasteiger partial charge in [0.25, 0.3) is 5.91 Å². The summed E-state index contributed by atoms with van der Waals surface area (Å²) in [5, 5.41) is 8.51. The van der Waals surface area contributed by atoms with Crippen LogP contribution >= 0.6 is 0 Å². The van der Waals surface area contributed by atoms with Crippen LogP contribution in [0.25, 0.3) is 0 Å². The number of terminal acetylenes is 1. The highest BCUT2D eigenvalue weighted by Gasteiger charge is 2.40. The van der Waals surface area contributed by atoms with E-state index < -0.39 is 6.09 Å². The second-order valence-electron chi connectivity index (χ2n) is 12.0. The van der Waals surface area contributed by atoms with Crippen molar-refractivity contribution < 1.29 is 24.6 Å². The maximum absolute atomic E-state index is 13.3. The first-order chi connectivity index (χ1) is 22.0. The molecule has 2 aliphatic rings. The fourth-order valence-corrected chi connectivity index (χ4v) is 6.81. The van der Waals surface area contributed by atoms with Crippen molar-refractivity contribution in [2.75, 3.05) is 38.7 Å². The molecular formula is C36H42N4O5. The van der Waals surface area contributed by atoms with Crippen molar-refractivity contribution in [2.45, 2.75) is 50.3 Å². The summed E-state index contributed by atoms with van der Waals surface area (Å²) >= 11 is 0. The van der Waals surface area contributed by atoms with Gasteiger partial charge in [-0.25, -0.2) is 15.5 Å². The standard InChI is InChI=1S/C36H42N4O5/c1-3-20-40(36(42)44-26-27-14-16-31(17-15-27)37-45-43)32-18-21-39(22-19-32)25-30-23-33(24-34(30)28-10-6-4-7-11-28)38(2)35(41)29-12-8-5-9-13-29/h1,4-17,30,32-34,37,43H,18-26H2,2H3/t30-,33?,34-/m1/s1. The van der Waals surface area contributed by atoms with Crippen molar-refractivity contribution >= 4 is 17.7 Å². The number of nitrogens with zero attached hydrogens (tertiary/aromatic N) is 3. The summed E-state index contributed by atoms with van der Waals surface area (Å²) in [6.45, 7) is 2.98. The molecular weight excluding hydrogens is 568 g/mol. The van der Waals surface area contributed by atoms with Crippen LogP contribution in [0.1, 0.15) is 53.1 Å². The van der Waals surface area contributed by atoms with Crippen LogP contribution in [0.15, 0.2) is 84.9 Å². The minimum atomic E-state index is -0.416. The van der Waals surface area contributed by atoms with Gasteiger partial charge in [0.2, 0.25) is 0 Å². The number of hydrogen-bond donors (Lipinski definition) is 2. The molecule has 0 radical (unpaired) electrons. The Bertz CT molecular complexity index is 1420. The molecule has 45 heavy (non-hydrogen) atoms. The van der Waals surface area contributed by atoms with E-state index in [1.807, 2.05) is 42.3 Å². The molecule has 9 heteroatoms. The molecule has 2 fully saturated rings. The number of anilines is 1. The van der Waals surface area contributed by atoms with Crippen molar-refractivity contribution in [3.8, 4) is 12.3 Å². The Labute approximate surface area is 265 Å². The molecule has 3 aromatic rings. The zero-order valence-corrected chi connectivity index (χ0v) is 25.8. The molecule has 1 saturated heterocycles. The molecule has 0 bridgehead atoms. The van der Waals surface area contributed by atoms with Crippen LogP contribution in [-0.4, -0.2) is 77.3 Å². The van der Waals surface area contributed by atoms with Gasteiger partial charge in [0.1, 0.15) is 6.61 Å². The van der Waals surface area contributed by atoms with Crippen LogP contribution in [0.3, 0.4) is 0 Å². The zero-order chi connectivity index (χ0) is 31.6. The highest BCUT2D eigenvalue weighted by Crippen LogP contribution is 2.42. The number of carbonyl (C=O) groups is 2. The summed E-state index contributed by atoms with van der Waals surface area (Å²) < 4.78 is 5.62. The summed E-state index contributed by atoms with van der Waals surface area (Å²) in [7, 11) is 1.94. The highest BCUT2D eigenvalue weighted by molar-refractivity contribution is 5.94. The number of rotatable bonds is 11. The largest absolute Gasteiger partial charge is 0.445 e. The number of nitrogens with one attached hydrogen (secondary N) is 1. The van der Waals surface area contributed by atoms with Crippen LogP contribution in [0.4, 0.5) is 10.5 Å². The van der Waals surface area contributed by atoms with Crippen LogP contribution < -0.4 is 5.48 Å². The third kappa shape index (κ3) is 8.22. The van der Waals surface area contributed by atoms with E-state index in [2.05, 4.69) is 51.6 Å². The molecule has 5 rings (SSSR count). The normalized spacial score (nSPS) is 20.2. The van der Waals surface area contributed by atoms with E-state index in [4.69, 9.17) is 16.4 Å². The predicted molar refractivity (Wildman–Crippen MR) is 173 cm³/mol. The number of piperidine rings is 1. The number of benzene rings is 3. The Hall–Kier alpha value is -4.36. The van der Waals surface area contributed by atoms with Gasteiger partial charge in [-0.05, 0) is 72.9 Å². The summed E-state index contributed by atoms with van der Waals surface area (Å²) in [6, 6.07) is 27.4. The average molecular weight is 611 g/mol. The molecule has 1 unspecified atom stereocenters. The Balaban J connectivity index is 1.18. The number of carbonyl (C=O) groups excluding carboxylic acids is 2. The average Bonchev–Trinajstić information content (AvgIpc) is 3.51. The lowest BCUT2D eigenvalue weighted by Gasteiger charge is -2.38. The van der Waals surface area contributed by atoms with Gasteiger partial charge in [-0.2, -0.15) is 0 Å². The fourth-order valence-electron chi connectivity index (χ4n) is 6.81. The Kier molecular flexibility index (Phi) is 11.1. The molecule has 1 aliphatic heterocycles. The lowest BCUT2D eigenvalue weighted by molar-refractivity contribution is -0.215. The van der Waals surface area contributed by atoms with Gasteiger partial charge in [0.05, 0.1) is 12.2 Å². The zero-order valence-electron chi connectivity index (χ0n) is 25.8. The molecule has 2 amide bonds. The topological polar surface area (TPSA) is 94.6 Å². The van der Waals surface area contributed by atoms with Gasteiger partial charge < -0.3 is 14.5 Å². The van der Waals surface area contributed by atoms with Crippen LogP contribution in [0, 0.1) is 18.3 Å². The first-order valence-electron chi connectivity index (χ1n) is 15.6. The van der Waals surface area contributed by atoms with Crippen molar-refractivity contribution in [3.05, 3.63) is 102 Å². The van der Waals surface area contributed by atoms with Crippen LogP contribution in [-0.2, 0) is 16.3 Å². The van der Waals surface area contributed by atoms with Crippen molar-refractivity contribution in [1.29, 1.82) is 0 Å². The second kappa shape index (κ2) is 15.6. The second-order valence-corrected chi connectivity index (χ2v) is 12.0. The van der Waals surface area contributed by atoms with Crippen LogP contribution in [0.5, 0.6) is 0 Å². The van der Waals surface area contributed by atoms with Gasteiger partial charge in [-0.3, -0.25) is 9.69 Å². The molecule has 1 aliphatic carbocycles. The number of amides is 2. The number of likely N-dealkylation sites (tertiary alicyclic amines) is 1. The molecule has 1 heterocycles. The first-order valence-corrected chi connectivity index (χ1v) is 15.6. The highest BCUT2D eigenvalue weighted by atomic mass is 17.2. The third-order valence-electron chi connectivity index (χ3n) is 9.25. The molecule has 0 aromatic heterocycles. The quantitative estimate of drug-likeness (QED) is 0.159. The third-order valence-corrected chi connectivity index (χ3v) is 9.25. The molecule has 1 saturated carbocycles. The minimum Gasteiger partial charge on any atom is -0.445 e. The van der Waals surface area contributed by atoms with Gasteiger partial charge >= 0.3 is 6.09 Å². The van der Waals surface area contributed by atoms with E-state index >= 15 is 0 Å². The number of hydrogen-bond acceptors (Lipinski definition) is 7. The predicted octanol–water partition coefficient (Wildman–Crippen LogP) is 5.87. The van der Waals surface area contributed by atoms with Crippen LogP contribution in [0.2, 0.25) is 0 Å². The van der Waals surface area contributed by atoms with Gasteiger partial charge in [0, 0.05) is 44.3 Å². The lowest BCUT2D eigenvalue weighted by atomic mass is 9.88. The first kappa shape index (κ1) is 32.0. The maximum atomic E-state index is 13.3. The van der Waals surface area contributed by atoms with Gasteiger partial charge in [-0.1, -0.05) is 66.6 Å². The van der Waals surface area contributed by atoms with E-state index in [-0.39, 0.29) is 31.1 Å². The fraction of sp³-hybridized carbons (Fsp3) is 0.389. The van der Waals surface area contributed by atoms with Crippen molar-refractivity contribution in [3.63, 3.8) is 0 Å². The van der Waals surface area contributed by atoms with E-state index in [1.54, 1.807) is 29.2 Å². The molecule has 3 aromatic carbocycles. The summed E-state index contributed by atoms with van der Waals surface area (Å²) in [6.07, 6.45) is 8.76. The van der Waals surface area contributed by atoms with Crippen molar-refractivity contribution in [1.82, 2.24) is 14.7 Å². The summed E-state index contributed by atoms with van der Waals surface area (Å²) in [4.78, 5) is 36.4. The summed E-state index contributed by atoms with van der Waals surface area (Å²) in [5.41, 5.74) is 5.76. The number of ether oxygens (including phenoxy) is 1. The molecule has 3 atom stereocenters. The Morgan fingerprint density at radius 3 is 2.27 bits per heavy atom. The minimum absolute atomic E-state index is 0.00829. The van der Waals surface area contributed by atoms with E-state index in [1.165, 1.54) is 5.56 Å². The van der Waals surface area contributed by atoms with Crippen molar-refractivity contribution in [2.24, 2.45) is 5.92 Å². The lowest BCUT2D eigenvalue weighted by Crippen LogP contribution is -2.48.